The third-order valence-corrected chi connectivity index (χ3v) is 3.51. The number of nitrogens with zero attached hydrogens (tertiary/aromatic N) is 2. The van der Waals surface area contributed by atoms with Crippen LogP contribution in [-0.2, 0) is 4.79 Å². The monoisotopic (exact) mass is 210 g/mol. The Morgan fingerprint density at radius 2 is 2.13 bits per heavy atom. The van der Waals surface area contributed by atoms with Gasteiger partial charge in [-0.15, -0.1) is 0 Å². The molecule has 0 spiro atoms. The van der Waals surface area contributed by atoms with Crippen molar-refractivity contribution in [2.45, 2.75) is 51.6 Å². The first kappa shape index (κ1) is 10.5. The number of piperidine rings is 1. The van der Waals surface area contributed by atoms with E-state index < -0.39 is 0 Å². The van der Waals surface area contributed by atoms with Crippen LogP contribution in [-0.4, -0.2) is 40.4 Å². The Bertz CT molecular complexity index is 266. The van der Waals surface area contributed by atoms with Crippen molar-refractivity contribution in [3.63, 3.8) is 0 Å². The third kappa shape index (κ3) is 1.52. The van der Waals surface area contributed by atoms with Gasteiger partial charge in [0.05, 0.1) is 0 Å². The zero-order chi connectivity index (χ0) is 11.0. The van der Waals surface area contributed by atoms with Gasteiger partial charge in [-0.2, -0.15) is 0 Å². The lowest BCUT2D eigenvalue weighted by molar-refractivity contribution is -0.130. The maximum absolute atomic E-state index is 12.0. The van der Waals surface area contributed by atoms with Crippen LogP contribution < -0.4 is 0 Å². The molecule has 4 nitrogen and oxygen atoms in total. The van der Waals surface area contributed by atoms with Crippen molar-refractivity contribution in [2.75, 3.05) is 6.54 Å². The number of amides is 3. The summed E-state index contributed by atoms with van der Waals surface area (Å²) >= 11 is 0. The Morgan fingerprint density at radius 3 is 2.73 bits per heavy atom. The van der Waals surface area contributed by atoms with Crippen molar-refractivity contribution < 1.29 is 9.59 Å². The molecular weight excluding hydrogens is 192 g/mol. The summed E-state index contributed by atoms with van der Waals surface area (Å²) in [6, 6.07) is -0.185. The third-order valence-electron chi connectivity index (χ3n) is 3.51. The van der Waals surface area contributed by atoms with Crippen molar-refractivity contribution in [1.82, 2.24) is 9.80 Å². The standard InChI is InChI=1S/C11H18N2O2/c1-3-8(2)13-10(14)9-6-4-5-7-12(9)11(13)15/h8-9H,3-7H2,1-2H3. The van der Waals surface area contributed by atoms with Crippen LogP contribution in [0.3, 0.4) is 0 Å². The molecule has 15 heavy (non-hydrogen) atoms. The first-order valence-electron chi connectivity index (χ1n) is 5.80. The average molecular weight is 210 g/mol. The van der Waals surface area contributed by atoms with E-state index in [2.05, 4.69) is 0 Å². The maximum Gasteiger partial charge on any atom is 0.327 e. The van der Waals surface area contributed by atoms with Crippen molar-refractivity contribution >= 4 is 11.9 Å². The number of carbonyl (C=O) groups is 2. The van der Waals surface area contributed by atoms with E-state index in [-0.39, 0.29) is 24.0 Å². The molecule has 0 aromatic heterocycles. The molecule has 0 saturated carbocycles. The summed E-state index contributed by atoms with van der Waals surface area (Å²) in [7, 11) is 0. The number of hydrogen-bond acceptors (Lipinski definition) is 2. The SMILES string of the molecule is CCC(C)N1C(=O)C2CCCCN2C1=O. The average Bonchev–Trinajstić information content (AvgIpc) is 2.52. The van der Waals surface area contributed by atoms with E-state index in [4.69, 9.17) is 0 Å². The lowest BCUT2D eigenvalue weighted by atomic mass is 10.0. The van der Waals surface area contributed by atoms with Gasteiger partial charge in [-0.25, -0.2) is 4.79 Å². The van der Waals surface area contributed by atoms with Crippen LogP contribution in [0.4, 0.5) is 4.79 Å². The van der Waals surface area contributed by atoms with Gasteiger partial charge in [-0.3, -0.25) is 9.69 Å². The summed E-state index contributed by atoms with van der Waals surface area (Å²) < 4.78 is 0. The fraction of sp³-hybridized carbons (Fsp3) is 0.818. The normalized spacial score (nSPS) is 28.3. The largest absolute Gasteiger partial charge is 0.327 e. The minimum Gasteiger partial charge on any atom is -0.312 e. The zero-order valence-corrected chi connectivity index (χ0v) is 9.40. The topological polar surface area (TPSA) is 40.6 Å². The van der Waals surface area contributed by atoms with Gasteiger partial charge < -0.3 is 4.90 Å². The van der Waals surface area contributed by atoms with Crippen LogP contribution in [0.25, 0.3) is 0 Å². The van der Waals surface area contributed by atoms with Crippen LogP contribution in [0.2, 0.25) is 0 Å². The highest BCUT2D eigenvalue weighted by atomic mass is 16.2. The van der Waals surface area contributed by atoms with Crippen molar-refractivity contribution in [3.05, 3.63) is 0 Å². The predicted molar refractivity (Wildman–Crippen MR) is 56.3 cm³/mol. The summed E-state index contributed by atoms with van der Waals surface area (Å²) in [4.78, 5) is 27.2. The second-order valence-corrected chi connectivity index (χ2v) is 4.45. The van der Waals surface area contributed by atoms with Crippen LogP contribution in [0.15, 0.2) is 0 Å². The van der Waals surface area contributed by atoms with Gasteiger partial charge in [-0.05, 0) is 32.6 Å². The fourth-order valence-electron chi connectivity index (χ4n) is 2.40. The number of hydrogen-bond donors (Lipinski definition) is 0. The quantitative estimate of drug-likeness (QED) is 0.649. The van der Waals surface area contributed by atoms with E-state index in [1.54, 1.807) is 4.90 Å². The molecule has 0 bridgehead atoms. The highest BCUT2D eigenvalue weighted by molar-refractivity contribution is 6.04. The predicted octanol–water partition coefficient (Wildman–Crippen LogP) is 1.60. The van der Waals surface area contributed by atoms with Gasteiger partial charge in [0.1, 0.15) is 6.04 Å². The first-order chi connectivity index (χ1) is 7.16. The fourth-order valence-corrected chi connectivity index (χ4v) is 2.40. The molecule has 2 atom stereocenters. The number of fused-ring (bicyclic) bond motifs is 1. The Labute approximate surface area is 90.2 Å². The zero-order valence-electron chi connectivity index (χ0n) is 9.40. The van der Waals surface area contributed by atoms with Crippen molar-refractivity contribution in [3.8, 4) is 0 Å². The van der Waals surface area contributed by atoms with Gasteiger partial charge in [0, 0.05) is 12.6 Å². The molecule has 0 radical (unpaired) electrons. The van der Waals surface area contributed by atoms with Gasteiger partial charge in [0.25, 0.3) is 5.91 Å². The summed E-state index contributed by atoms with van der Waals surface area (Å²) in [5.74, 6) is 0.0223. The van der Waals surface area contributed by atoms with E-state index in [0.29, 0.717) is 0 Å². The van der Waals surface area contributed by atoms with Gasteiger partial charge >= 0.3 is 6.03 Å². The maximum atomic E-state index is 12.0. The highest BCUT2D eigenvalue weighted by Gasteiger charge is 2.47. The lowest BCUT2D eigenvalue weighted by Crippen LogP contribution is -2.39. The Balaban J connectivity index is 2.21. The van der Waals surface area contributed by atoms with Crippen LogP contribution in [0.1, 0.15) is 39.5 Å². The molecule has 0 aliphatic carbocycles. The van der Waals surface area contributed by atoms with Crippen LogP contribution >= 0.6 is 0 Å². The van der Waals surface area contributed by atoms with Gasteiger partial charge in [-0.1, -0.05) is 6.92 Å². The molecule has 4 heteroatoms. The molecule has 84 valence electrons. The second-order valence-electron chi connectivity index (χ2n) is 4.45. The first-order valence-corrected chi connectivity index (χ1v) is 5.80. The Hall–Kier alpha value is -1.06. The van der Waals surface area contributed by atoms with E-state index in [1.165, 1.54) is 4.90 Å². The molecule has 2 saturated heterocycles. The van der Waals surface area contributed by atoms with Crippen molar-refractivity contribution in [2.24, 2.45) is 0 Å². The molecule has 0 aromatic carbocycles. The minimum atomic E-state index is -0.153. The molecule has 0 aromatic rings. The van der Waals surface area contributed by atoms with Crippen molar-refractivity contribution in [1.29, 1.82) is 0 Å². The van der Waals surface area contributed by atoms with E-state index in [0.717, 1.165) is 32.2 Å². The number of carbonyl (C=O) groups excluding carboxylic acids is 2. The van der Waals surface area contributed by atoms with E-state index in [1.807, 2.05) is 13.8 Å². The minimum absolute atomic E-state index is 0.0223. The lowest BCUT2D eigenvalue weighted by Gasteiger charge is -2.26. The molecule has 3 amide bonds. The van der Waals surface area contributed by atoms with E-state index >= 15 is 0 Å². The molecule has 2 rings (SSSR count). The van der Waals surface area contributed by atoms with E-state index in [9.17, 15) is 9.59 Å². The van der Waals surface area contributed by atoms with Gasteiger partial charge in [0.15, 0.2) is 0 Å². The number of urea groups is 1. The molecule has 2 aliphatic heterocycles. The molecular formula is C11H18N2O2. The van der Waals surface area contributed by atoms with Crippen LogP contribution in [0, 0.1) is 0 Å². The molecule has 2 fully saturated rings. The number of rotatable bonds is 2. The summed E-state index contributed by atoms with van der Waals surface area (Å²) in [5.41, 5.74) is 0. The number of imide groups is 1. The van der Waals surface area contributed by atoms with Gasteiger partial charge in [0.2, 0.25) is 0 Å². The Kier molecular flexibility index (Phi) is 2.67. The highest BCUT2D eigenvalue weighted by Crippen LogP contribution is 2.28. The smallest absolute Gasteiger partial charge is 0.312 e. The summed E-state index contributed by atoms with van der Waals surface area (Å²) in [6.45, 7) is 4.69. The molecule has 0 N–H and O–H groups in total. The molecule has 2 heterocycles. The second kappa shape index (κ2) is 3.83. The summed E-state index contributed by atoms with van der Waals surface area (Å²) in [6.07, 6.45) is 3.77. The summed E-state index contributed by atoms with van der Waals surface area (Å²) in [5, 5.41) is 0. The molecule has 2 unspecified atom stereocenters. The van der Waals surface area contributed by atoms with Crippen LogP contribution in [0.5, 0.6) is 0 Å². The Morgan fingerprint density at radius 1 is 1.40 bits per heavy atom. The molecule has 2 aliphatic rings.